The Bertz CT molecular complexity index is 1090. The fraction of sp³-hybridized carbons (Fsp3) is 0.261. The second kappa shape index (κ2) is 12.1. The first kappa shape index (κ1) is 26.0. The molecule has 2 aromatic heterocycles. The number of pyridine rings is 2. The van der Waals surface area contributed by atoms with Crippen LogP contribution in [0.3, 0.4) is 0 Å². The van der Waals surface area contributed by atoms with Crippen molar-refractivity contribution in [3.8, 4) is 0 Å². The van der Waals surface area contributed by atoms with Gasteiger partial charge in [0.05, 0.1) is 6.20 Å². The minimum Gasteiger partial charge on any atom is -0.485 e. The lowest BCUT2D eigenvalue weighted by Crippen LogP contribution is -2.26. The molecule has 10 heteroatoms. The van der Waals surface area contributed by atoms with Gasteiger partial charge in [0.15, 0.2) is 12.1 Å². The number of rotatable bonds is 10. The Morgan fingerprint density at radius 2 is 2.00 bits per heavy atom. The highest BCUT2D eigenvalue weighted by Crippen LogP contribution is 2.27. The SMILES string of the molecule is CC/C=C\N(N)c1cc(N(C)/C(C)=C\C(OCc2ncc(F)cc2F)=C(\Cl)C=O)c(C)cn1. The minimum atomic E-state index is -0.863. The quantitative estimate of drug-likeness (QED) is 0.130. The maximum atomic E-state index is 13.9. The molecule has 33 heavy (non-hydrogen) atoms. The van der Waals surface area contributed by atoms with Crippen LogP contribution in [-0.4, -0.2) is 23.3 Å². The molecule has 0 spiro atoms. The Morgan fingerprint density at radius 3 is 2.64 bits per heavy atom. The van der Waals surface area contributed by atoms with Crippen LogP contribution >= 0.6 is 11.6 Å². The van der Waals surface area contributed by atoms with Gasteiger partial charge in [-0.05, 0) is 25.8 Å². The molecule has 0 atom stereocenters. The molecule has 176 valence electrons. The maximum Gasteiger partial charge on any atom is 0.165 e. The smallest absolute Gasteiger partial charge is 0.165 e. The van der Waals surface area contributed by atoms with Crippen molar-refractivity contribution in [1.82, 2.24) is 9.97 Å². The van der Waals surface area contributed by atoms with Crippen LogP contribution in [0.5, 0.6) is 0 Å². The van der Waals surface area contributed by atoms with Gasteiger partial charge < -0.3 is 9.64 Å². The van der Waals surface area contributed by atoms with Crippen LogP contribution in [0.2, 0.25) is 0 Å². The highest BCUT2D eigenvalue weighted by molar-refractivity contribution is 6.39. The maximum absolute atomic E-state index is 13.9. The summed E-state index contributed by atoms with van der Waals surface area (Å²) in [6.07, 6.45) is 8.99. The minimum absolute atomic E-state index is 0.0137. The standard InChI is InChI=1S/C23H26ClF2N5O2/c1-5-6-7-31(27)23-10-21(15(2)11-29-23)30(4)16(3)8-22(18(24)13-32)33-14-20-19(26)9-17(25)12-28-20/h6-13H,5,14,27H2,1-4H3/b7-6-,16-8-,22-18-. The zero-order chi connectivity index (χ0) is 24.5. The first-order valence-corrected chi connectivity index (χ1v) is 10.4. The fourth-order valence-corrected chi connectivity index (χ4v) is 2.82. The van der Waals surface area contributed by atoms with Crippen molar-refractivity contribution >= 4 is 29.4 Å². The molecule has 0 aliphatic rings. The first-order valence-electron chi connectivity index (χ1n) is 10.0. The number of anilines is 2. The van der Waals surface area contributed by atoms with Crippen LogP contribution in [0.15, 0.2) is 59.4 Å². The Balaban J connectivity index is 2.30. The number of carbonyl (C=O) groups excluding carboxylic acids is 1. The van der Waals surface area contributed by atoms with E-state index in [0.717, 1.165) is 23.9 Å². The number of hydrazine groups is 1. The van der Waals surface area contributed by atoms with E-state index in [9.17, 15) is 13.6 Å². The van der Waals surface area contributed by atoms with Crippen molar-refractivity contribution in [1.29, 1.82) is 0 Å². The molecule has 0 aliphatic carbocycles. The third-order valence-electron chi connectivity index (χ3n) is 4.64. The van der Waals surface area contributed by atoms with Crippen LogP contribution in [0.1, 0.15) is 31.5 Å². The van der Waals surface area contributed by atoms with Crippen molar-refractivity contribution in [3.63, 3.8) is 0 Å². The number of nitrogens with zero attached hydrogens (tertiary/aromatic N) is 4. The summed E-state index contributed by atoms with van der Waals surface area (Å²) < 4.78 is 32.5. The van der Waals surface area contributed by atoms with Crippen LogP contribution in [0, 0.1) is 18.6 Å². The van der Waals surface area contributed by atoms with Gasteiger partial charge in [-0.15, -0.1) is 0 Å². The summed E-state index contributed by atoms with van der Waals surface area (Å²) in [4.78, 5) is 21.1. The van der Waals surface area contributed by atoms with E-state index >= 15 is 0 Å². The molecule has 0 radical (unpaired) electrons. The molecule has 2 heterocycles. The lowest BCUT2D eigenvalue weighted by atomic mass is 10.2. The number of halogens is 3. The van der Waals surface area contributed by atoms with E-state index in [-0.39, 0.29) is 23.1 Å². The zero-order valence-electron chi connectivity index (χ0n) is 18.8. The topological polar surface area (TPSA) is 84.6 Å². The van der Waals surface area contributed by atoms with Gasteiger partial charge in [-0.25, -0.2) is 19.6 Å². The summed E-state index contributed by atoms with van der Waals surface area (Å²) in [6.45, 7) is 5.33. The molecule has 2 rings (SSSR count). The van der Waals surface area contributed by atoms with Gasteiger partial charge in [-0.3, -0.25) is 14.8 Å². The summed E-state index contributed by atoms with van der Waals surface area (Å²) in [5.41, 5.74) is 2.22. The molecule has 0 saturated carbocycles. The molecule has 7 nitrogen and oxygen atoms in total. The van der Waals surface area contributed by atoms with Gasteiger partial charge in [0.1, 0.15) is 34.7 Å². The lowest BCUT2D eigenvalue weighted by molar-refractivity contribution is -0.104. The molecular weight excluding hydrogens is 452 g/mol. The van der Waals surface area contributed by atoms with Gasteiger partial charge in [0.25, 0.3) is 0 Å². The molecule has 0 fully saturated rings. The van der Waals surface area contributed by atoms with E-state index in [1.807, 2.05) is 37.9 Å². The Kier molecular flexibility index (Phi) is 9.50. The van der Waals surface area contributed by atoms with Crippen LogP contribution in [0.4, 0.5) is 20.3 Å². The van der Waals surface area contributed by atoms with E-state index in [1.165, 1.54) is 11.1 Å². The molecule has 0 aromatic carbocycles. The second-order valence-electron chi connectivity index (χ2n) is 7.07. The van der Waals surface area contributed by atoms with Gasteiger partial charge in [-0.2, -0.15) is 0 Å². The second-order valence-corrected chi connectivity index (χ2v) is 7.48. The Morgan fingerprint density at radius 1 is 1.27 bits per heavy atom. The molecule has 0 aliphatic heterocycles. The van der Waals surface area contributed by atoms with Crippen LogP contribution in [-0.2, 0) is 16.1 Å². The van der Waals surface area contributed by atoms with Gasteiger partial charge >= 0.3 is 0 Å². The normalized spacial score (nSPS) is 12.5. The van der Waals surface area contributed by atoms with Crippen LogP contribution < -0.4 is 15.8 Å². The van der Waals surface area contributed by atoms with Crippen molar-refractivity contribution in [2.45, 2.75) is 33.8 Å². The molecule has 2 aromatic rings. The predicted octanol–water partition coefficient (Wildman–Crippen LogP) is 4.87. The predicted molar refractivity (Wildman–Crippen MR) is 125 cm³/mol. The summed E-state index contributed by atoms with van der Waals surface area (Å²) >= 11 is 6.01. The highest BCUT2D eigenvalue weighted by atomic mass is 35.5. The summed E-state index contributed by atoms with van der Waals surface area (Å²) in [6, 6.07) is 2.52. The van der Waals surface area contributed by atoms with Gasteiger partial charge in [0, 0.05) is 49.0 Å². The van der Waals surface area contributed by atoms with Gasteiger partial charge in [0.2, 0.25) is 0 Å². The molecule has 0 bridgehead atoms. The van der Waals surface area contributed by atoms with E-state index in [2.05, 4.69) is 9.97 Å². The summed E-state index contributed by atoms with van der Waals surface area (Å²) in [5, 5.41) is 1.21. The third-order valence-corrected chi connectivity index (χ3v) is 4.92. The first-order chi connectivity index (χ1) is 15.7. The molecule has 2 N–H and O–H groups in total. The molecule has 0 unspecified atom stereocenters. The summed E-state index contributed by atoms with van der Waals surface area (Å²) in [5.74, 6) is 4.92. The van der Waals surface area contributed by atoms with E-state index in [1.54, 1.807) is 19.3 Å². The Hall–Kier alpha value is -3.30. The monoisotopic (exact) mass is 477 g/mol. The van der Waals surface area contributed by atoms with E-state index in [4.69, 9.17) is 22.2 Å². The number of carbonyl (C=O) groups is 1. The largest absolute Gasteiger partial charge is 0.485 e. The average Bonchev–Trinajstić information content (AvgIpc) is 2.80. The van der Waals surface area contributed by atoms with Crippen molar-refractivity contribution < 1.29 is 18.3 Å². The molecule has 0 amide bonds. The van der Waals surface area contributed by atoms with Crippen LogP contribution in [0.25, 0.3) is 0 Å². The number of aldehydes is 1. The van der Waals surface area contributed by atoms with Crippen molar-refractivity contribution in [3.05, 3.63) is 82.3 Å². The number of hydrogen-bond acceptors (Lipinski definition) is 7. The number of aromatic nitrogens is 2. The number of aryl methyl sites for hydroxylation is 1. The lowest BCUT2D eigenvalue weighted by Gasteiger charge is -2.24. The zero-order valence-corrected chi connectivity index (χ0v) is 19.6. The molecular formula is C23H26ClF2N5O2. The van der Waals surface area contributed by atoms with Gasteiger partial charge in [-0.1, -0.05) is 24.6 Å². The third kappa shape index (κ3) is 7.10. The number of allylic oxidation sites excluding steroid dienone is 4. The number of ether oxygens (including phenoxy) is 1. The number of hydrogen-bond donors (Lipinski definition) is 1. The van der Waals surface area contributed by atoms with Crippen molar-refractivity contribution in [2.75, 3.05) is 17.0 Å². The van der Waals surface area contributed by atoms with E-state index in [0.29, 0.717) is 23.9 Å². The Labute approximate surface area is 196 Å². The van der Waals surface area contributed by atoms with E-state index < -0.39 is 11.6 Å². The molecule has 0 saturated heterocycles. The van der Waals surface area contributed by atoms with Crippen molar-refractivity contribution in [2.24, 2.45) is 5.84 Å². The number of nitrogens with two attached hydrogens (primary N) is 1. The fourth-order valence-electron chi connectivity index (χ4n) is 2.71. The highest BCUT2D eigenvalue weighted by Gasteiger charge is 2.14. The average molecular weight is 478 g/mol. The summed E-state index contributed by atoms with van der Waals surface area (Å²) in [7, 11) is 1.81.